The molecule has 0 aliphatic carbocycles. The lowest BCUT2D eigenvalue weighted by molar-refractivity contribution is -0.116. The second-order valence-electron chi connectivity index (χ2n) is 7.43. The van der Waals surface area contributed by atoms with Crippen LogP contribution in [0.4, 0.5) is 11.4 Å². The molecule has 0 unspecified atom stereocenters. The van der Waals surface area contributed by atoms with Gasteiger partial charge in [-0.2, -0.15) is 5.10 Å². The Morgan fingerprint density at radius 3 is 2.47 bits per heavy atom. The maximum atomic E-state index is 12.8. The van der Waals surface area contributed by atoms with Crippen molar-refractivity contribution < 1.29 is 9.59 Å². The smallest absolute Gasteiger partial charge is 0.264 e. The highest BCUT2D eigenvalue weighted by Gasteiger charge is 2.12. The van der Waals surface area contributed by atoms with Gasteiger partial charge in [0.2, 0.25) is 11.8 Å². The van der Waals surface area contributed by atoms with Gasteiger partial charge in [-0.05, 0) is 37.3 Å². The standard InChI is InChI=1S/C23H22N6O3/c1-15-6-8-19(9-7-15)29-22-20(13-25-29)23(32)28(14-24-22)11-10-21(31)27-18-5-3-4-17(12-18)26-16(2)30/h3-9,12-14H,10-11H2,1-2H3,(H,26,30)(H,27,31). The number of rotatable bonds is 6. The number of carbonyl (C=O) groups excluding carboxylic acids is 2. The molecule has 0 bridgehead atoms. The molecule has 2 N–H and O–H groups in total. The van der Waals surface area contributed by atoms with Crippen molar-refractivity contribution in [3.8, 4) is 5.69 Å². The first-order valence-corrected chi connectivity index (χ1v) is 10.1. The third-order valence-corrected chi connectivity index (χ3v) is 4.88. The summed E-state index contributed by atoms with van der Waals surface area (Å²) in [5.41, 5.74) is 3.30. The van der Waals surface area contributed by atoms with E-state index >= 15 is 0 Å². The summed E-state index contributed by atoms with van der Waals surface area (Å²) in [6.07, 6.45) is 3.01. The van der Waals surface area contributed by atoms with Crippen molar-refractivity contribution in [1.29, 1.82) is 0 Å². The Bertz CT molecular complexity index is 1350. The van der Waals surface area contributed by atoms with Crippen molar-refractivity contribution in [2.45, 2.75) is 26.8 Å². The molecule has 32 heavy (non-hydrogen) atoms. The van der Waals surface area contributed by atoms with E-state index in [4.69, 9.17) is 0 Å². The van der Waals surface area contributed by atoms with Gasteiger partial charge >= 0.3 is 0 Å². The summed E-state index contributed by atoms with van der Waals surface area (Å²) >= 11 is 0. The molecule has 4 aromatic rings. The summed E-state index contributed by atoms with van der Waals surface area (Å²) in [4.78, 5) is 40.8. The van der Waals surface area contributed by atoms with Gasteiger partial charge in [-0.25, -0.2) is 9.67 Å². The maximum absolute atomic E-state index is 12.8. The molecule has 2 aromatic heterocycles. The molecular weight excluding hydrogens is 408 g/mol. The minimum atomic E-state index is -0.257. The SMILES string of the molecule is CC(=O)Nc1cccc(NC(=O)CCn2cnc3c(cnn3-c3ccc(C)cc3)c2=O)c1. The van der Waals surface area contributed by atoms with Gasteiger partial charge in [0.25, 0.3) is 5.56 Å². The van der Waals surface area contributed by atoms with E-state index in [0.717, 1.165) is 11.3 Å². The highest BCUT2D eigenvalue weighted by molar-refractivity contribution is 5.93. The lowest BCUT2D eigenvalue weighted by Gasteiger charge is -2.09. The van der Waals surface area contributed by atoms with Gasteiger partial charge in [0.1, 0.15) is 5.39 Å². The molecular formula is C23H22N6O3. The number of aryl methyl sites for hydroxylation is 2. The van der Waals surface area contributed by atoms with Crippen LogP contribution in [0, 0.1) is 6.92 Å². The lowest BCUT2D eigenvalue weighted by Crippen LogP contribution is -2.23. The number of fused-ring (bicyclic) bond motifs is 1. The predicted molar refractivity (Wildman–Crippen MR) is 122 cm³/mol. The minimum Gasteiger partial charge on any atom is -0.326 e. The summed E-state index contributed by atoms with van der Waals surface area (Å²) in [6, 6.07) is 14.6. The predicted octanol–water partition coefficient (Wildman–Crippen LogP) is 2.88. The zero-order chi connectivity index (χ0) is 22.7. The molecule has 0 aliphatic rings. The Kier molecular flexibility index (Phi) is 5.80. The zero-order valence-corrected chi connectivity index (χ0v) is 17.7. The third-order valence-electron chi connectivity index (χ3n) is 4.88. The number of anilines is 2. The molecule has 0 fully saturated rings. The first kappa shape index (κ1) is 21.0. The molecule has 2 aromatic carbocycles. The molecule has 0 saturated carbocycles. The van der Waals surface area contributed by atoms with E-state index in [1.807, 2.05) is 31.2 Å². The highest BCUT2D eigenvalue weighted by atomic mass is 16.2. The van der Waals surface area contributed by atoms with Crippen molar-refractivity contribution in [1.82, 2.24) is 19.3 Å². The summed E-state index contributed by atoms with van der Waals surface area (Å²) < 4.78 is 3.02. The number of nitrogens with zero attached hydrogens (tertiary/aromatic N) is 4. The van der Waals surface area contributed by atoms with E-state index in [0.29, 0.717) is 22.4 Å². The van der Waals surface area contributed by atoms with Gasteiger partial charge in [0, 0.05) is 31.3 Å². The molecule has 2 amide bonds. The number of hydrogen-bond donors (Lipinski definition) is 2. The van der Waals surface area contributed by atoms with Crippen LogP contribution in [0.1, 0.15) is 18.9 Å². The topological polar surface area (TPSA) is 111 Å². The Morgan fingerprint density at radius 1 is 1.03 bits per heavy atom. The van der Waals surface area contributed by atoms with E-state index in [1.165, 1.54) is 24.0 Å². The second-order valence-corrected chi connectivity index (χ2v) is 7.43. The van der Waals surface area contributed by atoms with Gasteiger partial charge in [0.05, 0.1) is 18.2 Å². The molecule has 0 aliphatic heterocycles. The average molecular weight is 430 g/mol. The number of hydrogen-bond acceptors (Lipinski definition) is 5. The largest absolute Gasteiger partial charge is 0.326 e. The third kappa shape index (κ3) is 4.56. The van der Waals surface area contributed by atoms with Crippen LogP contribution in [0.25, 0.3) is 16.7 Å². The van der Waals surface area contributed by atoms with Crippen molar-refractivity contribution in [3.05, 3.63) is 77.0 Å². The fourth-order valence-electron chi connectivity index (χ4n) is 3.31. The van der Waals surface area contributed by atoms with Crippen LogP contribution in [0.15, 0.2) is 65.8 Å². The van der Waals surface area contributed by atoms with E-state index in [-0.39, 0.29) is 30.3 Å². The monoisotopic (exact) mass is 430 g/mol. The van der Waals surface area contributed by atoms with Crippen molar-refractivity contribution in [2.75, 3.05) is 10.6 Å². The first-order chi connectivity index (χ1) is 15.4. The molecule has 162 valence electrons. The Morgan fingerprint density at radius 2 is 1.75 bits per heavy atom. The van der Waals surface area contributed by atoms with Crippen molar-refractivity contribution in [2.24, 2.45) is 0 Å². The summed E-state index contributed by atoms with van der Waals surface area (Å²) in [7, 11) is 0. The minimum absolute atomic E-state index is 0.0869. The van der Waals surface area contributed by atoms with Gasteiger partial charge in [-0.3, -0.25) is 19.0 Å². The van der Waals surface area contributed by atoms with E-state index in [1.54, 1.807) is 28.9 Å². The lowest BCUT2D eigenvalue weighted by atomic mass is 10.2. The number of carbonyl (C=O) groups is 2. The zero-order valence-electron chi connectivity index (χ0n) is 17.7. The molecule has 0 radical (unpaired) electrons. The van der Waals surface area contributed by atoms with Crippen LogP contribution in [0.2, 0.25) is 0 Å². The quantitative estimate of drug-likeness (QED) is 0.489. The fraction of sp³-hybridized carbons (Fsp3) is 0.174. The number of amides is 2. The number of benzene rings is 2. The molecule has 4 rings (SSSR count). The van der Waals surface area contributed by atoms with E-state index in [2.05, 4.69) is 20.7 Å². The second kappa shape index (κ2) is 8.84. The summed E-state index contributed by atoms with van der Waals surface area (Å²) in [5, 5.41) is 10.1. The van der Waals surface area contributed by atoms with Gasteiger partial charge in [-0.15, -0.1) is 0 Å². The Labute approximate surface area is 183 Å². The molecule has 0 saturated heterocycles. The Hall–Kier alpha value is -4.27. The number of aromatic nitrogens is 4. The highest BCUT2D eigenvalue weighted by Crippen LogP contribution is 2.16. The van der Waals surface area contributed by atoms with E-state index in [9.17, 15) is 14.4 Å². The van der Waals surface area contributed by atoms with Crippen molar-refractivity contribution >= 4 is 34.2 Å². The average Bonchev–Trinajstić information content (AvgIpc) is 3.18. The fourth-order valence-corrected chi connectivity index (χ4v) is 3.31. The van der Waals surface area contributed by atoms with Crippen molar-refractivity contribution in [3.63, 3.8) is 0 Å². The van der Waals surface area contributed by atoms with Crippen LogP contribution in [0.3, 0.4) is 0 Å². The van der Waals surface area contributed by atoms with Crippen LogP contribution >= 0.6 is 0 Å². The first-order valence-electron chi connectivity index (χ1n) is 10.1. The van der Waals surface area contributed by atoms with Crippen LogP contribution in [-0.2, 0) is 16.1 Å². The summed E-state index contributed by atoms with van der Waals surface area (Å²) in [5.74, 6) is -0.450. The van der Waals surface area contributed by atoms with Gasteiger partial charge < -0.3 is 10.6 Å². The number of nitrogens with one attached hydrogen (secondary N) is 2. The van der Waals surface area contributed by atoms with Crippen LogP contribution < -0.4 is 16.2 Å². The summed E-state index contributed by atoms with van der Waals surface area (Å²) in [6.45, 7) is 3.59. The Balaban J connectivity index is 1.46. The molecule has 9 heteroatoms. The van der Waals surface area contributed by atoms with Crippen LogP contribution in [0.5, 0.6) is 0 Å². The van der Waals surface area contributed by atoms with Crippen LogP contribution in [-0.4, -0.2) is 31.1 Å². The van der Waals surface area contributed by atoms with Gasteiger partial charge in [-0.1, -0.05) is 23.8 Å². The molecule has 0 atom stereocenters. The molecule has 2 heterocycles. The molecule has 9 nitrogen and oxygen atoms in total. The maximum Gasteiger partial charge on any atom is 0.264 e. The van der Waals surface area contributed by atoms with E-state index < -0.39 is 0 Å². The normalized spacial score (nSPS) is 10.8. The van der Waals surface area contributed by atoms with Gasteiger partial charge in [0.15, 0.2) is 5.65 Å². The molecule has 0 spiro atoms.